The molecule has 3 N–H and O–H groups in total. The topological polar surface area (TPSA) is 98.8 Å². The summed E-state index contributed by atoms with van der Waals surface area (Å²) in [6.45, 7) is 5.80. The minimum absolute atomic E-state index is 0.310. The fourth-order valence-electron chi connectivity index (χ4n) is 2.63. The highest BCUT2D eigenvalue weighted by molar-refractivity contribution is 5.45. The number of aryl methyl sites for hydroxylation is 1. The summed E-state index contributed by atoms with van der Waals surface area (Å²) >= 11 is 0. The zero-order valence-corrected chi connectivity index (χ0v) is 12.7. The van der Waals surface area contributed by atoms with E-state index < -0.39 is 0 Å². The lowest BCUT2D eigenvalue weighted by molar-refractivity contribution is 0.218. The standard InChI is InChI=1S/C14H20N6O2/c1-9(2)19-6-11-12(17-8-19)20(14(22)18-13(11)21)4-3-10-5-15-7-16-10/h5,7,9,17H,3-4,6,8H2,1-2H3,(H,15,16)(H,18,21,22). The van der Waals surface area contributed by atoms with E-state index in [-0.39, 0.29) is 11.2 Å². The van der Waals surface area contributed by atoms with Gasteiger partial charge in [-0.15, -0.1) is 0 Å². The van der Waals surface area contributed by atoms with Crippen molar-refractivity contribution in [1.29, 1.82) is 0 Å². The third kappa shape index (κ3) is 2.69. The van der Waals surface area contributed by atoms with Crippen molar-refractivity contribution in [1.82, 2.24) is 24.4 Å². The van der Waals surface area contributed by atoms with Crippen LogP contribution in [0.4, 0.5) is 5.82 Å². The van der Waals surface area contributed by atoms with Crippen LogP contribution < -0.4 is 16.6 Å². The van der Waals surface area contributed by atoms with E-state index in [4.69, 9.17) is 0 Å². The first kappa shape index (κ1) is 14.6. The first-order chi connectivity index (χ1) is 10.6. The summed E-state index contributed by atoms with van der Waals surface area (Å²) in [5.41, 5.74) is 0.875. The average molecular weight is 304 g/mol. The predicted octanol–water partition coefficient (Wildman–Crippen LogP) is 0.0958. The Hall–Kier alpha value is -2.35. The van der Waals surface area contributed by atoms with Crippen LogP contribution in [0.3, 0.4) is 0 Å². The van der Waals surface area contributed by atoms with E-state index in [9.17, 15) is 9.59 Å². The number of nitrogens with one attached hydrogen (secondary N) is 3. The molecule has 2 aromatic heterocycles. The third-order valence-electron chi connectivity index (χ3n) is 4.00. The van der Waals surface area contributed by atoms with Gasteiger partial charge in [0, 0.05) is 37.4 Å². The van der Waals surface area contributed by atoms with Crippen LogP contribution in [-0.4, -0.2) is 37.1 Å². The van der Waals surface area contributed by atoms with E-state index in [1.165, 1.54) is 0 Å². The van der Waals surface area contributed by atoms with Crippen molar-refractivity contribution in [2.24, 2.45) is 0 Å². The molecule has 1 aliphatic rings. The second-order valence-corrected chi connectivity index (χ2v) is 5.74. The zero-order chi connectivity index (χ0) is 15.7. The van der Waals surface area contributed by atoms with Crippen LogP contribution in [0.15, 0.2) is 22.1 Å². The molecule has 0 spiro atoms. The molecule has 0 bridgehead atoms. The normalized spacial score (nSPS) is 14.9. The van der Waals surface area contributed by atoms with Gasteiger partial charge in [-0.05, 0) is 13.8 Å². The van der Waals surface area contributed by atoms with Crippen molar-refractivity contribution in [3.05, 3.63) is 44.6 Å². The van der Waals surface area contributed by atoms with Gasteiger partial charge in [-0.1, -0.05) is 0 Å². The lowest BCUT2D eigenvalue weighted by Gasteiger charge is -2.33. The monoisotopic (exact) mass is 304 g/mol. The van der Waals surface area contributed by atoms with Crippen LogP contribution in [0, 0.1) is 0 Å². The van der Waals surface area contributed by atoms with Crippen molar-refractivity contribution in [2.75, 3.05) is 12.0 Å². The van der Waals surface area contributed by atoms with Crippen LogP contribution >= 0.6 is 0 Å². The number of anilines is 1. The van der Waals surface area contributed by atoms with Crippen molar-refractivity contribution in [3.8, 4) is 0 Å². The van der Waals surface area contributed by atoms with Gasteiger partial charge >= 0.3 is 5.69 Å². The fourth-order valence-corrected chi connectivity index (χ4v) is 2.63. The summed E-state index contributed by atoms with van der Waals surface area (Å²) < 4.78 is 1.59. The van der Waals surface area contributed by atoms with E-state index in [1.807, 2.05) is 0 Å². The smallest absolute Gasteiger partial charge is 0.329 e. The molecule has 2 aromatic rings. The molecular formula is C14H20N6O2. The molecule has 0 amide bonds. The van der Waals surface area contributed by atoms with Gasteiger partial charge in [0.05, 0.1) is 18.6 Å². The lowest BCUT2D eigenvalue weighted by atomic mass is 10.2. The maximum absolute atomic E-state index is 12.1. The first-order valence-electron chi connectivity index (χ1n) is 7.37. The summed E-state index contributed by atoms with van der Waals surface area (Å²) in [6.07, 6.45) is 3.99. The lowest BCUT2D eigenvalue weighted by Crippen LogP contribution is -2.45. The number of hydrogen-bond acceptors (Lipinski definition) is 5. The second kappa shape index (κ2) is 5.80. The van der Waals surface area contributed by atoms with Gasteiger partial charge in [0.1, 0.15) is 5.82 Å². The third-order valence-corrected chi connectivity index (χ3v) is 4.00. The molecule has 0 aliphatic carbocycles. The second-order valence-electron chi connectivity index (χ2n) is 5.74. The SMILES string of the molecule is CC(C)N1CNc2c(c(=O)[nH]c(=O)n2CCc2cnc[nH]2)C1. The number of imidazole rings is 1. The molecule has 0 radical (unpaired) electrons. The molecular weight excluding hydrogens is 284 g/mol. The van der Waals surface area contributed by atoms with Gasteiger partial charge in [-0.2, -0.15) is 0 Å². The summed E-state index contributed by atoms with van der Waals surface area (Å²) in [7, 11) is 0. The number of fused-ring (bicyclic) bond motifs is 1. The Kier molecular flexibility index (Phi) is 3.84. The molecule has 0 unspecified atom stereocenters. The van der Waals surface area contributed by atoms with Gasteiger partial charge < -0.3 is 10.3 Å². The molecule has 22 heavy (non-hydrogen) atoms. The van der Waals surface area contributed by atoms with Crippen LogP contribution in [-0.2, 0) is 19.5 Å². The molecule has 0 aromatic carbocycles. The summed E-state index contributed by atoms with van der Waals surface area (Å²) in [5, 5.41) is 3.22. The number of nitrogens with zero attached hydrogens (tertiary/aromatic N) is 3. The highest BCUT2D eigenvalue weighted by atomic mass is 16.2. The van der Waals surface area contributed by atoms with Gasteiger partial charge in [-0.25, -0.2) is 9.78 Å². The van der Waals surface area contributed by atoms with Crippen LogP contribution in [0.25, 0.3) is 0 Å². The number of aromatic amines is 2. The Labute approximate surface area is 127 Å². The first-order valence-corrected chi connectivity index (χ1v) is 7.37. The van der Waals surface area contributed by atoms with E-state index in [2.05, 4.69) is 39.0 Å². The molecule has 3 heterocycles. The number of aromatic nitrogens is 4. The van der Waals surface area contributed by atoms with Crippen LogP contribution in [0.1, 0.15) is 25.1 Å². The van der Waals surface area contributed by atoms with Gasteiger partial charge in [0.25, 0.3) is 5.56 Å². The molecule has 1 aliphatic heterocycles. The maximum atomic E-state index is 12.1. The molecule has 0 fully saturated rings. The van der Waals surface area contributed by atoms with Crippen molar-refractivity contribution in [3.63, 3.8) is 0 Å². The Balaban J connectivity index is 1.92. The molecule has 8 heteroatoms. The summed E-state index contributed by atoms with van der Waals surface area (Å²) in [4.78, 5) is 35.7. The zero-order valence-electron chi connectivity index (χ0n) is 12.7. The summed E-state index contributed by atoms with van der Waals surface area (Å²) in [5.74, 6) is 0.630. The molecule has 0 saturated heterocycles. The highest BCUT2D eigenvalue weighted by Crippen LogP contribution is 2.19. The van der Waals surface area contributed by atoms with Gasteiger partial charge in [-0.3, -0.25) is 19.2 Å². The fraction of sp³-hybridized carbons (Fsp3) is 0.500. The Morgan fingerprint density at radius 1 is 1.36 bits per heavy atom. The Morgan fingerprint density at radius 3 is 2.86 bits per heavy atom. The largest absolute Gasteiger partial charge is 0.358 e. The maximum Gasteiger partial charge on any atom is 0.329 e. The summed E-state index contributed by atoms with van der Waals surface area (Å²) in [6, 6.07) is 0.324. The predicted molar refractivity (Wildman–Crippen MR) is 82.8 cm³/mol. The molecule has 3 rings (SSSR count). The highest BCUT2D eigenvalue weighted by Gasteiger charge is 2.23. The number of rotatable bonds is 4. The van der Waals surface area contributed by atoms with Crippen molar-refractivity contribution >= 4 is 5.82 Å². The minimum Gasteiger partial charge on any atom is -0.358 e. The molecule has 8 nitrogen and oxygen atoms in total. The Bertz CT molecular complexity index is 759. The Morgan fingerprint density at radius 2 is 2.18 bits per heavy atom. The van der Waals surface area contributed by atoms with Crippen molar-refractivity contribution in [2.45, 2.75) is 39.4 Å². The van der Waals surface area contributed by atoms with Crippen LogP contribution in [0.5, 0.6) is 0 Å². The van der Waals surface area contributed by atoms with Crippen LogP contribution in [0.2, 0.25) is 0 Å². The minimum atomic E-state index is -0.381. The van der Waals surface area contributed by atoms with Gasteiger partial charge in [0.2, 0.25) is 0 Å². The van der Waals surface area contributed by atoms with E-state index in [1.54, 1.807) is 17.1 Å². The molecule has 0 atom stereocenters. The van der Waals surface area contributed by atoms with E-state index >= 15 is 0 Å². The van der Waals surface area contributed by atoms with Crippen molar-refractivity contribution < 1.29 is 0 Å². The molecule has 0 saturated carbocycles. The molecule has 118 valence electrons. The van der Waals surface area contributed by atoms with E-state index in [0.29, 0.717) is 43.6 Å². The van der Waals surface area contributed by atoms with E-state index in [0.717, 1.165) is 5.69 Å². The van der Waals surface area contributed by atoms with Gasteiger partial charge in [0.15, 0.2) is 0 Å². The number of hydrogen-bond donors (Lipinski definition) is 3. The number of H-pyrrole nitrogens is 2. The average Bonchev–Trinajstić information content (AvgIpc) is 3.00. The quantitative estimate of drug-likeness (QED) is 0.744.